The third-order valence-electron chi connectivity index (χ3n) is 2.49. The number of hydrogen-bond donors (Lipinski definition) is 0. The highest BCUT2D eigenvalue weighted by Crippen LogP contribution is 2.31. The number of pyridine rings is 1. The average molecular weight is 294 g/mol. The van der Waals surface area contributed by atoms with Crippen molar-refractivity contribution in [3.8, 4) is 0 Å². The van der Waals surface area contributed by atoms with Crippen LogP contribution in [0, 0.1) is 10.1 Å². The molecule has 0 aliphatic carbocycles. The maximum Gasteiger partial charge on any atom is 0.309 e. The molecule has 1 heterocycles. The fourth-order valence-corrected chi connectivity index (χ4v) is 2.91. The number of nitrogens with zero attached hydrogens (tertiary/aromatic N) is 2. The molecule has 0 aliphatic heterocycles. The fraction of sp³-hybridized carbons (Fsp3) is 0.0833. The summed E-state index contributed by atoms with van der Waals surface area (Å²) in [5, 5.41) is 11.2. The molecule has 1 aromatic carbocycles. The predicted molar refractivity (Wildman–Crippen MR) is 71.7 cm³/mol. The number of hydrogen-bond acceptors (Lipinski definition) is 6. The maximum atomic E-state index is 12.1. The van der Waals surface area contributed by atoms with Crippen LogP contribution in [0.1, 0.15) is 0 Å². The molecule has 0 aliphatic rings. The first-order valence-electron chi connectivity index (χ1n) is 5.50. The molecule has 0 fully saturated rings. The molecule has 1 aromatic heterocycles. The van der Waals surface area contributed by atoms with Gasteiger partial charge in [-0.25, -0.2) is 4.98 Å². The Morgan fingerprint density at radius 2 is 2.10 bits per heavy atom. The molecule has 0 saturated heterocycles. The third-order valence-corrected chi connectivity index (χ3v) is 3.87. The van der Waals surface area contributed by atoms with E-state index in [0.717, 1.165) is 6.20 Å². The largest absolute Gasteiger partial charge is 0.309 e. The molecular formula is C12H10N2O5S. The first kappa shape index (κ1) is 14.1. The lowest BCUT2D eigenvalue weighted by Crippen LogP contribution is -2.10. The molecule has 0 spiro atoms. The van der Waals surface area contributed by atoms with Crippen molar-refractivity contribution in [1.29, 1.82) is 0 Å². The van der Waals surface area contributed by atoms with Gasteiger partial charge in [-0.15, -0.1) is 6.58 Å². The lowest BCUT2D eigenvalue weighted by molar-refractivity contribution is -0.388. The van der Waals surface area contributed by atoms with Crippen molar-refractivity contribution in [2.45, 2.75) is 4.90 Å². The summed E-state index contributed by atoms with van der Waals surface area (Å²) in [5.41, 5.74) is -0.286. The Morgan fingerprint density at radius 3 is 2.75 bits per heavy atom. The summed E-state index contributed by atoms with van der Waals surface area (Å²) in [5.74, 6) is 0. The van der Waals surface area contributed by atoms with Crippen LogP contribution in [0.25, 0.3) is 10.9 Å². The second-order valence-electron chi connectivity index (χ2n) is 3.77. The molecule has 104 valence electrons. The van der Waals surface area contributed by atoms with E-state index in [-0.39, 0.29) is 12.0 Å². The van der Waals surface area contributed by atoms with Crippen molar-refractivity contribution in [1.82, 2.24) is 4.98 Å². The summed E-state index contributed by atoms with van der Waals surface area (Å²) in [6, 6.07) is 6.23. The lowest BCUT2D eigenvalue weighted by atomic mass is 10.2. The number of para-hydroxylation sites is 1. The molecule has 0 atom stereocenters. The highest BCUT2D eigenvalue weighted by molar-refractivity contribution is 7.87. The molecular weight excluding hydrogens is 284 g/mol. The van der Waals surface area contributed by atoms with Gasteiger partial charge in [-0.1, -0.05) is 24.3 Å². The highest BCUT2D eigenvalue weighted by Gasteiger charge is 2.29. The number of benzene rings is 1. The van der Waals surface area contributed by atoms with Crippen LogP contribution in [0.2, 0.25) is 0 Å². The fourth-order valence-electron chi connectivity index (χ4n) is 1.69. The SMILES string of the molecule is C=CCOS(=O)(=O)c1c([N+](=O)[O-])cnc2ccccc12. The van der Waals surface area contributed by atoms with E-state index in [2.05, 4.69) is 15.7 Å². The molecule has 8 heteroatoms. The van der Waals surface area contributed by atoms with Crippen LogP contribution in [-0.4, -0.2) is 24.9 Å². The molecule has 0 amide bonds. The normalized spacial score (nSPS) is 11.4. The molecule has 0 saturated carbocycles. The van der Waals surface area contributed by atoms with Gasteiger partial charge in [-0.3, -0.25) is 14.3 Å². The van der Waals surface area contributed by atoms with E-state index < -0.39 is 25.6 Å². The van der Waals surface area contributed by atoms with Crippen molar-refractivity contribution in [3.63, 3.8) is 0 Å². The number of rotatable bonds is 5. The molecule has 0 unspecified atom stereocenters. The number of aromatic nitrogens is 1. The summed E-state index contributed by atoms with van der Waals surface area (Å²) in [7, 11) is -4.28. The predicted octanol–water partition coefficient (Wildman–Crippen LogP) is 2.03. The van der Waals surface area contributed by atoms with Gasteiger partial charge < -0.3 is 0 Å². The average Bonchev–Trinajstić information content (AvgIpc) is 2.43. The second-order valence-corrected chi connectivity index (χ2v) is 5.33. The topological polar surface area (TPSA) is 99.4 Å². The minimum Gasteiger partial charge on any atom is -0.262 e. The molecule has 0 radical (unpaired) electrons. The van der Waals surface area contributed by atoms with Crippen LogP contribution < -0.4 is 0 Å². The summed E-state index contributed by atoms with van der Waals surface area (Å²) < 4.78 is 28.9. The molecule has 2 aromatic rings. The smallest absolute Gasteiger partial charge is 0.262 e. The summed E-state index contributed by atoms with van der Waals surface area (Å²) >= 11 is 0. The molecule has 2 rings (SSSR count). The Bertz CT molecular complexity index is 786. The second kappa shape index (κ2) is 5.35. The van der Waals surface area contributed by atoms with Gasteiger partial charge in [0, 0.05) is 5.39 Å². The van der Waals surface area contributed by atoms with Crippen LogP contribution in [0.3, 0.4) is 0 Å². The van der Waals surface area contributed by atoms with Crippen molar-refractivity contribution in [2.75, 3.05) is 6.61 Å². The number of nitro groups is 1. The first-order valence-corrected chi connectivity index (χ1v) is 6.90. The molecule has 0 N–H and O–H groups in total. The van der Waals surface area contributed by atoms with Crippen LogP contribution in [0.4, 0.5) is 5.69 Å². The van der Waals surface area contributed by atoms with Crippen LogP contribution in [-0.2, 0) is 14.3 Å². The van der Waals surface area contributed by atoms with Crippen LogP contribution >= 0.6 is 0 Å². The molecule has 20 heavy (non-hydrogen) atoms. The van der Waals surface area contributed by atoms with Crippen molar-refractivity contribution < 1.29 is 17.5 Å². The Morgan fingerprint density at radius 1 is 1.40 bits per heavy atom. The molecule has 0 bridgehead atoms. The Balaban J connectivity index is 2.80. The van der Waals surface area contributed by atoms with Gasteiger partial charge in [-0.05, 0) is 6.07 Å². The van der Waals surface area contributed by atoms with Crippen LogP contribution in [0.15, 0.2) is 48.0 Å². The zero-order chi connectivity index (χ0) is 14.8. The third kappa shape index (κ3) is 2.51. The van der Waals surface area contributed by atoms with Gasteiger partial charge >= 0.3 is 15.8 Å². The number of fused-ring (bicyclic) bond motifs is 1. The van der Waals surface area contributed by atoms with Crippen molar-refractivity contribution in [3.05, 3.63) is 53.2 Å². The zero-order valence-corrected chi connectivity index (χ0v) is 11.0. The summed E-state index contributed by atoms with van der Waals surface area (Å²) in [4.78, 5) is 13.6. The van der Waals surface area contributed by atoms with E-state index in [4.69, 9.17) is 0 Å². The first-order chi connectivity index (χ1) is 9.47. The highest BCUT2D eigenvalue weighted by atomic mass is 32.2. The van der Waals surface area contributed by atoms with Gasteiger partial charge in [0.2, 0.25) is 0 Å². The van der Waals surface area contributed by atoms with Crippen molar-refractivity contribution in [2.24, 2.45) is 0 Å². The Kier molecular flexibility index (Phi) is 3.77. The Hall–Kier alpha value is -2.32. The quantitative estimate of drug-likeness (QED) is 0.362. The van der Waals surface area contributed by atoms with Gasteiger partial charge in [-0.2, -0.15) is 8.42 Å². The van der Waals surface area contributed by atoms with E-state index in [0.29, 0.717) is 5.52 Å². The summed E-state index contributed by atoms with van der Waals surface area (Å²) in [6.45, 7) is 3.07. The van der Waals surface area contributed by atoms with Crippen LogP contribution in [0.5, 0.6) is 0 Å². The van der Waals surface area contributed by atoms with Gasteiger partial charge in [0.25, 0.3) is 0 Å². The lowest BCUT2D eigenvalue weighted by Gasteiger charge is -2.07. The Labute approximate surface area is 114 Å². The van der Waals surface area contributed by atoms with Gasteiger partial charge in [0.1, 0.15) is 6.20 Å². The van der Waals surface area contributed by atoms with E-state index in [1.165, 1.54) is 12.1 Å². The van der Waals surface area contributed by atoms with E-state index in [1.807, 2.05) is 0 Å². The van der Waals surface area contributed by atoms with E-state index in [1.54, 1.807) is 18.2 Å². The molecule has 7 nitrogen and oxygen atoms in total. The monoisotopic (exact) mass is 294 g/mol. The standard InChI is InChI=1S/C12H10N2O5S/c1-2-7-19-20(17,18)12-9-5-3-4-6-10(9)13-8-11(12)14(15)16/h2-6,8H,1,7H2. The van der Waals surface area contributed by atoms with Crippen molar-refractivity contribution >= 4 is 26.7 Å². The zero-order valence-electron chi connectivity index (χ0n) is 10.2. The summed E-state index contributed by atoms with van der Waals surface area (Å²) in [6.07, 6.45) is 2.15. The van der Waals surface area contributed by atoms with E-state index in [9.17, 15) is 18.5 Å². The van der Waals surface area contributed by atoms with Gasteiger partial charge in [0.15, 0.2) is 4.90 Å². The van der Waals surface area contributed by atoms with E-state index >= 15 is 0 Å². The maximum absolute atomic E-state index is 12.1. The minimum atomic E-state index is -4.28. The van der Waals surface area contributed by atoms with Gasteiger partial charge in [0.05, 0.1) is 17.0 Å². The minimum absolute atomic E-state index is 0.144.